The van der Waals surface area contributed by atoms with Gasteiger partial charge in [-0.3, -0.25) is 14.9 Å². The molecule has 0 spiro atoms. The largest absolute Gasteiger partial charge is 0.494 e. The number of non-ortho nitro benzene ring substituents is 1. The molecule has 0 atom stereocenters. The molecule has 2 aromatic carbocycles. The summed E-state index contributed by atoms with van der Waals surface area (Å²) in [4.78, 5) is 22.6. The summed E-state index contributed by atoms with van der Waals surface area (Å²) in [6, 6.07) is 13.3. The Kier molecular flexibility index (Phi) is 6.71. The quantitative estimate of drug-likeness (QED) is 0.322. The van der Waals surface area contributed by atoms with Crippen LogP contribution in [0.3, 0.4) is 0 Å². The minimum absolute atomic E-state index is 0.122. The van der Waals surface area contributed by atoms with Crippen LogP contribution >= 0.6 is 0 Å². The van der Waals surface area contributed by atoms with Gasteiger partial charge >= 0.3 is 0 Å². The van der Waals surface area contributed by atoms with Crippen LogP contribution in [0.2, 0.25) is 0 Å². The maximum Gasteiger partial charge on any atom is 0.273 e. The maximum atomic E-state index is 12.4. The van der Waals surface area contributed by atoms with Crippen molar-refractivity contribution in [2.75, 3.05) is 17.7 Å². The Hall–Kier alpha value is -3.86. The van der Waals surface area contributed by atoms with Crippen molar-refractivity contribution in [3.8, 4) is 11.8 Å². The number of carbonyl (C=O) groups is 1. The number of nitro benzene ring substituents is 1. The average Bonchev–Trinajstić information content (AvgIpc) is 2.68. The molecule has 2 N–H and O–H groups in total. The van der Waals surface area contributed by atoms with E-state index in [0.717, 1.165) is 5.69 Å². The molecule has 144 valence electrons. The number of rotatable bonds is 7. The molecule has 0 unspecified atom stereocenters. The molecule has 28 heavy (non-hydrogen) atoms. The minimum Gasteiger partial charge on any atom is -0.494 e. The lowest BCUT2D eigenvalue weighted by molar-refractivity contribution is -0.384. The lowest BCUT2D eigenvalue weighted by Gasteiger charge is -2.10. The van der Waals surface area contributed by atoms with E-state index in [1.807, 2.05) is 30.3 Å². The van der Waals surface area contributed by atoms with Crippen molar-refractivity contribution in [1.82, 2.24) is 0 Å². The first-order chi connectivity index (χ1) is 13.3. The molecule has 0 saturated heterocycles. The molecule has 0 aliphatic rings. The van der Waals surface area contributed by atoms with Gasteiger partial charge in [0.2, 0.25) is 0 Å². The van der Waals surface area contributed by atoms with E-state index in [1.54, 1.807) is 0 Å². The van der Waals surface area contributed by atoms with Crippen molar-refractivity contribution in [3.63, 3.8) is 0 Å². The van der Waals surface area contributed by atoms with Crippen LogP contribution in [0.4, 0.5) is 17.1 Å². The highest BCUT2D eigenvalue weighted by molar-refractivity contribution is 6.07. The number of nitrogens with zero attached hydrogens (tertiary/aromatic N) is 2. The molecule has 2 rings (SSSR count). The number of methoxy groups -OCH3 is 1. The number of nitrogens with one attached hydrogen (secondary N) is 2. The fraction of sp³-hybridized carbons (Fsp3) is 0.200. The number of anilines is 2. The number of ether oxygens (including phenoxy) is 1. The molecule has 8 nitrogen and oxygen atoms in total. The summed E-state index contributed by atoms with van der Waals surface area (Å²) in [6.45, 7) is 4.18. The van der Waals surface area contributed by atoms with E-state index >= 15 is 0 Å². The fourth-order valence-electron chi connectivity index (χ4n) is 2.35. The zero-order valence-corrected chi connectivity index (χ0v) is 15.7. The van der Waals surface area contributed by atoms with E-state index in [-0.39, 0.29) is 22.7 Å². The van der Waals surface area contributed by atoms with Gasteiger partial charge < -0.3 is 15.4 Å². The zero-order valence-electron chi connectivity index (χ0n) is 15.7. The van der Waals surface area contributed by atoms with Crippen LogP contribution in [0.1, 0.15) is 25.3 Å². The van der Waals surface area contributed by atoms with Gasteiger partial charge in [-0.2, -0.15) is 5.26 Å². The van der Waals surface area contributed by atoms with Gasteiger partial charge in [0.1, 0.15) is 17.4 Å². The van der Waals surface area contributed by atoms with Gasteiger partial charge in [0.05, 0.1) is 23.8 Å². The number of hydrogen-bond acceptors (Lipinski definition) is 6. The molecule has 0 radical (unpaired) electrons. The summed E-state index contributed by atoms with van der Waals surface area (Å²) >= 11 is 0. The summed E-state index contributed by atoms with van der Waals surface area (Å²) in [5, 5.41) is 25.5. The normalized spacial score (nSPS) is 10.9. The van der Waals surface area contributed by atoms with Crippen LogP contribution in [-0.4, -0.2) is 17.9 Å². The van der Waals surface area contributed by atoms with E-state index in [2.05, 4.69) is 24.5 Å². The molecule has 0 aliphatic carbocycles. The number of nitro groups is 1. The first kappa shape index (κ1) is 20.5. The Bertz CT molecular complexity index is 944. The van der Waals surface area contributed by atoms with Gasteiger partial charge in [-0.15, -0.1) is 0 Å². The highest BCUT2D eigenvalue weighted by Gasteiger charge is 2.15. The molecule has 0 heterocycles. The number of nitriles is 1. The summed E-state index contributed by atoms with van der Waals surface area (Å²) in [7, 11) is 1.33. The molecular weight excluding hydrogens is 360 g/mol. The summed E-state index contributed by atoms with van der Waals surface area (Å²) in [5.41, 5.74) is 1.81. The van der Waals surface area contributed by atoms with Crippen LogP contribution < -0.4 is 15.4 Å². The Morgan fingerprint density at radius 1 is 1.25 bits per heavy atom. The van der Waals surface area contributed by atoms with Crippen LogP contribution in [0, 0.1) is 21.4 Å². The second-order valence-corrected chi connectivity index (χ2v) is 6.19. The smallest absolute Gasteiger partial charge is 0.273 e. The number of carbonyl (C=O) groups excluding carboxylic acids is 1. The van der Waals surface area contributed by atoms with Crippen molar-refractivity contribution in [2.45, 2.75) is 19.8 Å². The summed E-state index contributed by atoms with van der Waals surface area (Å²) < 4.78 is 5.07. The van der Waals surface area contributed by atoms with Crippen molar-refractivity contribution in [3.05, 3.63) is 69.9 Å². The minimum atomic E-state index is -0.666. The second kappa shape index (κ2) is 9.19. The van der Waals surface area contributed by atoms with E-state index in [1.165, 1.54) is 37.1 Å². The van der Waals surface area contributed by atoms with Crippen molar-refractivity contribution < 1.29 is 14.5 Å². The average molecular weight is 380 g/mol. The van der Waals surface area contributed by atoms with E-state index in [4.69, 9.17) is 4.74 Å². The molecule has 0 fully saturated rings. The third kappa shape index (κ3) is 5.08. The van der Waals surface area contributed by atoms with Crippen LogP contribution in [0.5, 0.6) is 5.75 Å². The standard InChI is InChI=1S/C20H20N4O4/c1-13(2)14-4-6-16(7-5-14)22-12-15(11-21)20(25)23-18-9-8-17(24(26)27)10-19(18)28-3/h4-10,12-13,22H,1-3H3,(H,23,25)/b15-12-. The van der Waals surface area contributed by atoms with E-state index in [0.29, 0.717) is 5.92 Å². The summed E-state index contributed by atoms with van der Waals surface area (Å²) in [5.74, 6) is -0.139. The maximum absolute atomic E-state index is 12.4. The third-order valence-electron chi connectivity index (χ3n) is 3.97. The first-order valence-electron chi connectivity index (χ1n) is 8.46. The SMILES string of the molecule is COc1cc([N+](=O)[O-])ccc1NC(=O)/C(C#N)=C\Nc1ccc(C(C)C)cc1. The van der Waals surface area contributed by atoms with E-state index in [9.17, 15) is 20.2 Å². The summed E-state index contributed by atoms with van der Waals surface area (Å²) in [6.07, 6.45) is 1.30. The molecule has 1 amide bonds. The fourth-order valence-corrected chi connectivity index (χ4v) is 2.35. The molecule has 0 saturated carbocycles. The third-order valence-corrected chi connectivity index (χ3v) is 3.97. The monoisotopic (exact) mass is 380 g/mol. The zero-order chi connectivity index (χ0) is 20.7. The Morgan fingerprint density at radius 2 is 1.93 bits per heavy atom. The van der Waals surface area contributed by atoms with E-state index < -0.39 is 10.8 Å². The number of hydrogen-bond donors (Lipinski definition) is 2. The highest BCUT2D eigenvalue weighted by atomic mass is 16.6. The van der Waals surface area contributed by atoms with Crippen molar-refractivity contribution in [1.29, 1.82) is 5.26 Å². The highest BCUT2D eigenvalue weighted by Crippen LogP contribution is 2.29. The Labute approximate surface area is 162 Å². The van der Waals surface area contributed by atoms with Crippen LogP contribution in [0.15, 0.2) is 54.2 Å². The number of benzene rings is 2. The predicted octanol–water partition coefficient (Wildman–Crippen LogP) is 4.18. The molecule has 0 aromatic heterocycles. The van der Waals surface area contributed by atoms with Gasteiger partial charge in [0.15, 0.2) is 0 Å². The molecule has 2 aromatic rings. The lowest BCUT2D eigenvalue weighted by Crippen LogP contribution is -2.15. The van der Waals surface area contributed by atoms with Gasteiger partial charge in [-0.1, -0.05) is 26.0 Å². The second-order valence-electron chi connectivity index (χ2n) is 6.19. The van der Waals surface area contributed by atoms with Crippen LogP contribution in [-0.2, 0) is 4.79 Å². The topological polar surface area (TPSA) is 117 Å². The van der Waals surface area contributed by atoms with Gasteiger partial charge in [0.25, 0.3) is 11.6 Å². The molecule has 0 aliphatic heterocycles. The molecule has 0 bridgehead atoms. The Morgan fingerprint density at radius 3 is 2.46 bits per heavy atom. The predicted molar refractivity (Wildman–Crippen MR) is 106 cm³/mol. The van der Waals surface area contributed by atoms with Gasteiger partial charge in [-0.05, 0) is 29.7 Å². The van der Waals surface area contributed by atoms with Gasteiger partial charge in [0, 0.05) is 18.0 Å². The molecule has 8 heteroatoms. The van der Waals surface area contributed by atoms with Gasteiger partial charge in [-0.25, -0.2) is 0 Å². The molecular formula is C20H20N4O4. The van der Waals surface area contributed by atoms with Crippen LogP contribution in [0.25, 0.3) is 0 Å². The first-order valence-corrected chi connectivity index (χ1v) is 8.46. The van der Waals surface area contributed by atoms with Crippen molar-refractivity contribution in [2.24, 2.45) is 0 Å². The van der Waals surface area contributed by atoms with Crippen molar-refractivity contribution >= 4 is 23.0 Å². The lowest BCUT2D eigenvalue weighted by atomic mass is 10.0. The number of amides is 1. The Balaban J connectivity index is 2.14.